The van der Waals surface area contributed by atoms with Gasteiger partial charge in [-0.25, -0.2) is 0 Å². The Labute approximate surface area is 168 Å². The van der Waals surface area contributed by atoms with Crippen molar-refractivity contribution in [3.8, 4) is 11.5 Å². The number of likely N-dealkylation sites (tertiary alicyclic amines) is 1. The van der Waals surface area contributed by atoms with E-state index in [1.54, 1.807) is 47.4 Å². The lowest BCUT2D eigenvalue weighted by atomic mass is 10.1. The van der Waals surface area contributed by atoms with Gasteiger partial charge >= 0.3 is 0 Å². The number of anilines is 1. The summed E-state index contributed by atoms with van der Waals surface area (Å²) in [5.74, 6) is -0.175. The molecule has 0 aliphatic carbocycles. The molecule has 8 heteroatoms. The second-order valence-corrected chi connectivity index (χ2v) is 6.59. The Morgan fingerprint density at radius 3 is 2.38 bits per heavy atom. The highest BCUT2D eigenvalue weighted by Crippen LogP contribution is 2.33. The summed E-state index contributed by atoms with van der Waals surface area (Å²) in [4.78, 5) is 40.1. The maximum Gasteiger partial charge on any atom is 0.263 e. The molecule has 2 aromatic carbocycles. The van der Waals surface area contributed by atoms with Gasteiger partial charge in [0.15, 0.2) is 11.5 Å². The molecular weight excluding hydrogens is 374 g/mol. The van der Waals surface area contributed by atoms with Gasteiger partial charge in [-0.3, -0.25) is 19.3 Å². The number of primary amides is 1. The van der Waals surface area contributed by atoms with Gasteiger partial charge in [0, 0.05) is 24.2 Å². The summed E-state index contributed by atoms with van der Waals surface area (Å²) in [7, 11) is 2.96. The molecule has 8 nitrogen and oxygen atoms in total. The molecule has 1 fully saturated rings. The first-order valence-corrected chi connectivity index (χ1v) is 9.16. The van der Waals surface area contributed by atoms with E-state index in [1.807, 2.05) is 0 Å². The Balaban J connectivity index is 2.01. The van der Waals surface area contributed by atoms with Gasteiger partial charge in [-0.15, -0.1) is 0 Å². The molecule has 1 aliphatic rings. The number of methoxy groups -OCH3 is 2. The van der Waals surface area contributed by atoms with Gasteiger partial charge in [0.25, 0.3) is 5.91 Å². The minimum absolute atomic E-state index is 0.00540. The van der Waals surface area contributed by atoms with Crippen LogP contribution in [-0.2, 0) is 4.79 Å². The largest absolute Gasteiger partial charge is 0.493 e. The number of nitrogens with two attached hydrogens (primary N) is 1. The Hall–Kier alpha value is -3.55. The molecule has 3 amide bonds. The highest BCUT2D eigenvalue weighted by atomic mass is 16.5. The van der Waals surface area contributed by atoms with Crippen molar-refractivity contribution in [2.24, 2.45) is 5.73 Å². The van der Waals surface area contributed by atoms with Crippen LogP contribution in [0.4, 0.5) is 5.69 Å². The molecule has 2 aromatic rings. The number of hydrogen-bond acceptors (Lipinski definition) is 5. The minimum Gasteiger partial charge on any atom is -0.493 e. The first-order chi connectivity index (χ1) is 14.0. The first-order valence-electron chi connectivity index (χ1n) is 9.16. The average molecular weight is 397 g/mol. The van der Waals surface area contributed by atoms with Gasteiger partial charge in [0.2, 0.25) is 11.8 Å². The van der Waals surface area contributed by atoms with E-state index in [4.69, 9.17) is 15.2 Å². The van der Waals surface area contributed by atoms with Crippen molar-refractivity contribution in [3.05, 3.63) is 53.6 Å². The summed E-state index contributed by atoms with van der Waals surface area (Å²) in [6, 6.07) is 11.4. The van der Waals surface area contributed by atoms with Crippen LogP contribution in [0.25, 0.3) is 0 Å². The Kier molecular flexibility index (Phi) is 6.01. The summed E-state index contributed by atoms with van der Waals surface area (Å²) in [5.41, 5.74) is 6.47. The van der Waals surface area contributed by atoms with Crippen LogP contribution in [0.2, 0.25) is 0 Å². The van der Waals surface area contributed by atoms with Crippen molar-refractivity contribution in [2.75, 3.05) is 32.3 Å². The third-order valence-corrected chi connectivity index (χ3v) is 4.83. The van der Waals surface area contributed by atoms with E-state index in [1.165, 1.54) is 19.1 Å². The van der Waals surface area contributed by atoms with Crippen molar-refractivity contribution >= 4 is 23.4 Å². The van der Waals surface area contributed by atoms with Crippen LogP contribution in [0.15, 0.2) is 42.5 Å². The van der Waals surface area contributed by atoms with E-state index < -0.39 is 5.91 Å². The summed E-state index contributed by atoms with van der Waals surface area (Å²) < 4.78 is 10.7. The van der Waals surface area contributed by atoms with Crippen LogP contribution < -0.4 is 20.1 Å². The lowest BCUT2D eigenvalue weighted by Crippen LogP contribution is -2.42. The smallest absolute Gasteiger partial charge is 0.263 e. The number of carbonyl (C=O) groups is 3. The third kappa shape index (κ3) is 4.16. The van der Waals surface area contributed by atoms with E-state index in [9.17, 15) is 14.4 Å². The van der Waals surface area contributed by atoms with Gasteiger partial charge in [-0.05, 0) is 42.8 Å². The minimum atomic E-state index is -0.557. The quantitative estimate of drug-likeness (QED) is 0.770. The predicted molar refractivity (Wildman–Crippen MR) is 107 cm³/mol. The van der Waals surface area contributed by atoms with Gasteiger partial charge < -0.3 is 20.1 Å². The molecule has 152 valence electrons. The summed E-state index contributed by atoms with van der Waals surface area (Å²) in [6.45, 7) is 0.672. The number of hydrogen-bond donors (Lipinski definition) is 1. The number of benzene rings is 2. The van der Waals surface area contributed by atoms with E-state index in [-0.39, 0.29) is 18.5 Å². The molecule has 29 heavy (non-hydrogen) atoms. The highest BCUT2D eigenvalue weighted by molar-refractivity contribution is 6.08. The molecule has 0 bridgehead atoms. The number of ether oxygens (including phenoxy) is 2. The van der Waals surface area contributed by atoms with Crippen LogP contribution in [0.1, 0.15) is 33.6 Å². The molecule has 1 aliphatic heterocycles. The number of para-hydroxylation sites is 1. The zero-order valence-corrected chi connectivity index (χ0v) is 16.4. The molecule has 3 rings (SSSR count). The molecule has 0 aromatic heterocycles. The normalized spacial score (nSPS) is 13.3. The summed E-state index contributed by atoms with van der Waals surface area (Å²) >= 11 is 0. The van der Waals surface area contributed by atoms with Crippen LogP contribution in [0, 0.1) is 0 Å². The van der Waals surface area contributed by atoms with Crippen LogP contribution in [0.5, 0.6) is 11.5 Å². The molecule has 0 atom stereocenters. The van der Waals surface area contributed by atoms with E-state index in [2.05, 4.69) is 0 Å². The highest BCUT2D eigenvalue weighted by Gasteiger charge is 2.28. The van der Waals surface area contributed by atoms with E-state index >= 15 is 0 Å². The van der Waals surface area contributed by atoms with Crippen molar-refractivity contribution in [1.82, 2.24) is 4.90 Å². The zero-order chi connectivity index (χ0) is 21.0. The maximum atomic E-state index is 13.5. The molecule has 0 saturated carbocycles. The fraction of sp³-hybridized carbons (Fsp3) is 0.286. The summed E-state index contributed by atoms with van der Waals surface area (Å²) in [5, 5.41) is 0. The Morgan fingerprint density at radius 2 is 1.83 bits per heavy atom. The van der Waals surface area contributed by atoms with Gasteiger partial charge in [0.05, 0.1) is 19.8 Å². The van der Waals surface area contributed by atoms with Gasteiger partial charge in [-0.2, -0.15) is 0 Å². The molecule has 2 N–H and O–H groups in total. The maximum absolute atomic E-state index is 13.5. The van der Waals surface area contributed by atoms with Crippen molar-refractivity contribution < 1.29 is 23.9 Å². The van der Waals surface area contributed by atoms with Crippen LogP contribution in [0.3, 0.4) is 0 Å². The van der Waals surface area contributed by atoms with Gasteiger partial charge in [0.1, 0.15) is 6.67 Å². The van der Waals surface area contributed by atoms with Crippen LogP contribution in [-0.4, -0.2) is 50.1 Å². The predicted octanol–water partition coefficient (Wildman–Crippen LogP) is 2.03. The number of rotatable bonds is 7. The van der Waals surface area contributed by atoms with Crippen molar-refractivity contribution in [2.45, 2.75) is 12.8 Å². The number of carbonyl (C=O) groups excluding carboxylic acids is 3. The SMILES string of the molecule is COc1cccc(C(=O)N(CN2CCCC2=O)c2ccc(C(N)=O)cc2)c1OC. The van der Waals surface area contributed by atoms with Gasteiger partial charge in [-0.1, -0.05) is 6.07 Å². The average Bonchev–Trinajstić information content (AvgIpc) is 3.15. The molecule has 1 heterocycles. The van der Waals surface area contributed by atoms with Crippen molar-refractivity contribution in [1.29, 1.82) is 0 Å². The topological polar surface area (TPSA) is 102 Å². The molecule has 0 radical (unpaired) electrons. The number of nitrogens with zero attached hydrogens (tertiary/aromatic N) is 2. The van der Waals surface area contributed by atoms with E-state index in [0.717, 1.165) is 6.42 Å². The fourth-order valence-electron chi connectivity index (χ4n) is 3.29. The Bertz CT molecular complexity index is 926. The lowest BCUT2D eigenvalue weighted by Gasteiger charge is -2.29. The van der Waals surface area contributed by atoms with Crippen LogP contribution >= 0.6 is 0 Å². The second kappa shape index (κ2) is 8.64. The molecule has 1 saturated heterocycles. The standard InChI is InChI=1S/C21H23N3O5/c1-28-17-6-3-5-16(19(17)29-2)21(27)24(13-23-12-4-7-18(23)25)15-10-8-14(9-11-15)20(22)26/h3,5-6,8-11H,4,7,12-13H2,1-2H3,(H2,22,26). The number of amides is 3. The van der Waals surface area contributed by atoms with Crippen molar-refractivity contribution in [3.63, 3.8) is 0 Å². The zero-order valence-electron chi connectivity index (χ0n) is 16.4. The Morgan fingerprint density at radius 1 is 1.10 bits per heavy atom. The second-order valence-electron chi connectivity index (χ2n) is 6.59. The first kappa shape index (κ1) is 20.2. The van der Waals surface area contributed by atoms with E-state index in [0.29, 0.717) is 41.3 Å². The molecule has 0 spiro atoms. The third-order valence-electron chi connectivity index (χ3n) is 4.83. The fourth-order valence-corrected chi connectivity index (χ4v) is 3.29. The lowest BCUT2D eigenvalue weighted by molar-refractivity contribution is -0.127. The molecular formula is C21H23N3O5. The summed E-state index contributed by atoms with van der Waals surface area (Å²) in [6.07, 6.45) is 1.22. The molecule has 0 unspecified atom stereocenters. The monoisotopic (exact) mass is 397 g/mol.